The van der Waals surface area contributed by atoms with Gasteiger partial charge in [-0.15, -0.1) is 0 Å². The van der Waals surface area contributed by atoms with E-state index in [0.29, 0.717) is 0 Å². The molecule has 0 saturated carbocycles. The zero-order valence-corrected chi connectivity index (χ0v) is 10.2. The first-order chi connectivity index (χ1) is 8.40. The first-order valence-corrected chi connectivity index (χ1v) is 6.02. The van der Waals surface area contributed by atoms with Crippen molar-refractivity contribution in [1.29, 1.82) is 0 Å². The third-order valence-corrected chi connectivity index (χ3v) is 2.77. The van der Waals surface area contributed by atoms with E-state index in [4.69, 9.17) is 9.47 Å². The van der Waals surface area contributed by atoms with Gasteiger partial charge in [0, 0.05) is 26.6 Å². The van der Waals surface area contributed by atoms with Crippen molar-refractivity contribution < 1.29 is 9.47 Å². The summed E-state index contributed by atoms with van der Waals surface area (Å²) in [6.07, 6.45) is 5.30. The van der Waals surface area contributed by atoms with Gasteiger partial charge in [0.2, 0.25) is 0 Å². The molecule has 3 nitrogen and oxygen atoms in total. The number of fused-ring (bicyclic) bond motifs is 1. The van der Waals surface area contributed by atoms with Crippen molar-refractivity contribution in [1.82, 2.24) is 5.32 Å². The van der Waals surface area contributed by atoms with Gasteiger partial charge in [0.05, 0.1) is 13.2 Å². The van der Waals surface area contributed by atoms with Gasteiger partial charge in [-0.05, 0) is 23.3 Å². The van der Waals surface area contributed by atoms with Crippen LogP contribution in [0.15, 0.2) is 24.3 Å². The summed E-state index contributed by atoms with van der Waals surface area (Å²) in [7, 11) is 1.71. The Balaban J connectivity index is 1.80. The second-order valence-corrected chi connectivity index (χ2v) is 4.06. The number of methoxy groups -OCH3 is 1. The fraction of sp³-hybridized carbons (Fsp3) is 0.429. The molecule has 0 spiro atoms. The highest BCUT2D eigenvalue weighted by Crippen LogP contribution is 2.26. The number of rotatable bonds is 6. The molecule has 0 fully saturated rings. The largest absolute Gasteiger partial charge is 0.493 e. The summed E-state index contributed by atoms with van der Waals surface area (Å²) in [6.45, 7) is 3.33. The molecule has 92 valence electrons. The smallest absolute Gasteiger partial charge is 0.122 e. The molecule has 1 aliphatic heterocycles. The molecule has 0 unspecified atom stereocenters. The minimum atomic E-state index is 0.754. The quantitative estimate of drug-likeness (QED) is 0.761. The van der Waals surface area contributed by atoms with Crippen molar-refractivity contribution >= 4 is 6.08 Å². The van der Waals surface area contributed by atoms with Crippen LogP contribution in [0.2, 0.25) is 0 Å². The van der Waals surface area contributed by atoms with E-state index in [1.807, 2.05) is 0 Å². The van der Waals surface area contributed by atoms with E-state index >= 15 is 0 Å². The molecular weight excluding hydrogens is 214 g/mol. The normalized spacial score (nSPS) is 13.9. The molecule has 0 aromatic heterocycles. The minimum Gasteiger partial charge on any atom is -0.493 e. The highest BCUT2D eigenvalue weighted by molar-refractivity contribution is 5.54. The third kappa shape index (κ3) is 3.58. The molecule has 1 aromatic rings. The highest BCUT2D eigenvalue weighted by Gasteiger charge is 2.10. The Morgan fingerprint density at radius 2 is 2.41 bits per heavy atom. The average Bonchev–Trinajstić information content (AvgIpc) is 2.81. The van der Waals surface area contributed by atoms with E-state index in [1.54, 1.807) is 7.11 Å². The van der Waals surface area contributed by atoms with Crippen molar-refractivity contribution in [2.75, 3.05) is 33.4 Å². The topological polar surface area (TPSA) is 30.5 Å². The van der Waals surface area contributed by atoms with E-state index in [2.05, 4.69) is 35.7 Å². The number of benzene rings is 1. The molecule has 0 amide bonds. The Kier molecular flexibility index (Phi) is 4.59. The maximum atomic E-state index is 5.47. The Hall–Kier alpha value is -1.32. The first kappa shape index (κ1) is 12.1. The van der Waals surface area contributed by atoms with E-state index in [0.717, 1.165) is 38.5 Å². The molecule has 1 aliphatic rings. The molecule has 0 saturated heterocycles. The fourth-order valence-corrected chi connectivity index (χ4v) is 1.86. The van der Waals surface area contributed by atoms with Gasteiger partial charge >= 0.3 is 0 Å². The summed E-state index contributed by atoms with van der Waals surface area (Å²) in [5.41, 5.74) is 2.56. The standard InChI is InChI=1S/C14H19NO2/c1-16-10-8-15-7-2-3-12-4-5-14-13(11-12)6-9-17-14/h2-5,11,15H,6-10H2,1H3. The number of nitrogens with one attached hydrogen (secondary N) is 1. The van der Waals surface area contributed by atoms with Gasteiger partial charge in [-0.2, -0.15) is 0 Å². The van der Waals surface area contributed by atoms with Crippen LogP contribution in [-0.4, -0.2) is 33.4 Å². The van der Waals surface area contributed by atoms with Gasteiger partial charge in [-0.3, -0.25) is 0 Å². The van der Waals surface area contributed by atoms with Crippen LogP contribution in [-0.2, 0) is 11.2 Å². The molecule has 17 heavy (non-hydrogen) atoms. The van der Waals surface area contributed by atoms with Crippen molar-refractivity contribution in [3.63, 3.8) is 0 Å². The average molecular weight is 233 g/mol. The maximum absolute atomic E-state index is 5.47. The molecule has 2 rings (SSSR count). The van der Waals surface area contributed by atoms with Crippen LogP contribution in [0.5, 0.6) is 5.75 Å². The van der Waals surface area contributed by atoms with Crippen LogP contribution in [0.25, 0.3) is 6.08 Å². The van der Waals surface area contributed by atoms with Gasteiger partial charge in [0.1, 0.15) is 5.75 Å². The third-order valence-electron chi connectivity index (χ3n) is 2.77. The number of hydrogen-bond acceptors (Lipinski definition) is 3. The van der Waals surface area contributed by atoms with Crippen molar-refractivity contribution in [3.05, 3.63) is 35.4 Å². The molecule has 0 aliphatic carbocycles. The van der Waals surface area contributed by atoms with Crippen LogP contribution in [0.4, 0.5) is 0 Å². The monoisotopic (exact) mass is 233 g/mol. The minimum absolute atomic E-state index is 0.754. The van der Waals surface area contributed by atoms with Crippen molar-refractivity contribution in [2.24, 2.45) is 0 Å². The summed E-state index contributed by atoms with van der Waals surface area (Å²) >= 11 is 0. The number of hydrogen-bond donors (Lipinski definition) is 1. The van der Waals surface area contributed by atoms with E-state index in [9.17, 15) is 0 Å². The Bertz CT molecular complexity index is 388. The maximum Gasteiger partial charge on any atom is 0.122 e. The molecule has 3 heteroatoms. The first-order valence-electron chi connectivity index (χ1n) is 6.02. The van der Waals surface area contributed by atoms with Crippen molar-refractivity contribution in [2.45, 2.75) is 6.42 Å². The summed E-state index contributed by atoms with van der Waals surface area (Å²) in [4.78, 5) is 0. The van der Waals surface area contributed by atoms with Crippen LogP contribution in [0.1, 0.15) is 11.1 Å². The molecule has 1 N–H and O–H groups in total. The van der Waals surface area contributed by atoms with Crippen LogP contribution >= 0.6 is 0 Å². The second-order valence-electron chi connectivity index (χ2n) is 4.06. The Morgan fingerprint density at radius 1 is 1.47 bits per heavy atom. The van der Waals surface area contributed by atoms with Gasteiger partial charge < -0.3 is 14.8 Å². The summed E-state index contributed by atoms with van der Waals surface area (Å²) in [5, 5.41) is 3.27. The molecule has 1 heterocycles. The fourth-order valence-electron chi connectivity index (χ4n) is 1.86. The lowest BCUT2D eigenvalue weighted by atomic mass is 10.1. The summed E-state index contributed by atoms with van der Waals surface area (Å²) in [6, 6.07) is 6.35. The van der Waals surface area contributed by atoms with E-state index < -0.39 is 0 Å². The predicted molar refractivity (Wildman–Crippen MR) is 69.4 cm³/mol. The van der Waals surface area contributed by atoms with Crippen LogP contribution in [0, 0.1) is 0 Å². The lowest BCUT2D eigenvalue weighted by Gasteiger charge is -2.01. The summed E-state index contributed by atoms with van der Waals surface area (Å²) in [5.74, 6) is 1.04. The van der Waals surface area contributed by atoms with Gasteiger partial charge in [-0.1, -0.05) is 18.2 Å². The SMILES string of the molecule is COCCNCC=Cc1ccc2c(c1)CCO2. The zero-order chi connectivity index (χ0) is 11.9. The summed E-state index contributed by atoms with van der Waals surface area (Å²) < 4.78 is 10.4. The molecule has 1 aromatic carbocycles. The highest BCUT2D eigenvalue weighted by atomic mass is 16.5. The molecule has 0 bridgehead atoms. The Labute approximate surface area is 102 Å². The van der Waals surface area contributed by atoms with Crippen molar-refractivity contribution in [3.8, 4) is 5.75 Å². The lowest BCUT2D eigenvalue weighted by Crippen LogP contribution is -2.18. The molecular formula is C14H19NO2. The van der Waals surface area contributed by atoms with Gasteiger partial charge in [0.25, 0.3) is 0 Å². The van der Waals surface area contributed by atoms with Gasteiger partial charge in [-0.25, -0.2) is 0 Å². The van der Waals surface area contributed by atoms with E-state index in [-0.39, 0.29) is 0 Å². The van der Waals surface area contributed by atoms with Gasteiger partial charge in [0.15, 0.2) is 0 Å². The molecule has 0 radical (unpaired) electrons. The van der Waals surface area contributed by atoms with E-state index in [1.165, 1.54) is 11.1 Å². The Morgan fingerprint density at radius 3 is 3.29 bits per heavy atom. The van der Waals surface area contributed by atoms with Crippen LogP contribution < -0.4 is 10.1 Å². The predicted octanol–water partition coefficient (Wildman–Crippen LogP) is 1.87. The number of ether oxygens (including phenoxy) is 2. The lowest BCUT2D eigenvalue weighted by molar-refractivity contribution is 0.200. The zero-order valence-electron chi connectivity index (χ0n) is 10.2. The molecule has 0 atom stereocenters. The van der Waals surface area contributed by atoms with Crippen LogP contribution in [0.3, 0.4) is 0 Å². The second kappa shape index (κ2) is 6.42.